The molecule has 4 nitrogen and oxygen atoms in total. The first-order chi connectivity index (χ1) is 7.65. The van der Waals surface area contributed by atoms with Crippen molar-refractivity contribution >= 4 is 23.2 Å². The minimum Gasteiger partial charge on any atom is -0.398 e. The molecule has 0 radical (unpaired) electrons. The van der Waals surface area contributed by atoms with Crippen LogP contribution < -0.4 is 11.1 Å². The van der Waals surface area contributed by atoms with E-state index in [0.717, 1.165) is 0 Å². The van der Waals surface area contributed by atoms with E-state index in [1.165, 1.54) is 0 Å². The molecular formula is C11H15ClN2O2. The number of hydrogen-bond donors (Lipinski definition) is 2. The van der Waals surface area contributed by atoms with Crippen LogP contribution in [0.3, 0.4) is 0 Å². The Morgan fingerprint density at radius 1 is 1.56 bits per heavy atom. The van der Waals surface area contributed by atoms with Crippen molar-refractivity contribution in [3.05, 3.63) is 28.8 Å². The summed E-state index contributed by atoms with van der Waals surface area (Å²) in [7, 11) is 0. The van der Waals surface area contributed by atoms with Gasteiger partial charge in [-0.1, -0.05) is 11.6 Å². The van der Waals surface area contributed by atoms with Gasteiger partial charge in [-0.15, -0.1) is 0 Å². The SMILES string of the molecule is CCOCCNC(=O)c1ccc(Cl)c(N)c1. The van der Waals surface area contributed by atoms with Crippen LogP contribution in [0.1, 0.15) is 17.3 Å². The molecule has 0 saturated carbocycles. The number of nitrogens with two attached hydrogens (primary N) is 1. The summed E-state index contributed by atoms with van der Waals surface area (Å²) < 4.78 is 5.10. The second-order valence-corrected chi connectivity index (χ2v) is 3.60. The highest BCUT2D eigenvalue weighted by molar-refractivity contribution is 6.33. The lowest BCUT2D eigenvalue weighted by molar-refractivity contribution is 0.0922. The maximum atomic E-state index is 11.6. The molecule has 0 aliphatic heterocycles. The van der Waals surface area contributed by atoms with Gasteiger partial charge in [0.2, 0.25) is 0 Å². The van der Waals surface area contributed by atoms with Crippen LogP contribution in [0, 0.1) is 0 Å². The van der Waals surface area contributed by atoms with Gasteiger partial charge < -0.3 is 15.8 Å². The van der Waals surface area contributed by atoms with E-state index in [1.807, 2.05) is 6.92 Å². The topological polar surface area (TPSA) is 64.3 Å². The summed E-state index contributed by atoms with van der Waals surface area (Å²) in [5, 5.41) is 3.17. The Hall–Kier alpha value is -1.26. The van der Waals surface area contributed by atoms with Crippen LogP contribution in [0.25, 0.3) is 0 Å². The molecule has 5 heteroatoms. The maximum Gasteiger partial charge on any atom is 0.251 e. The third-order valence-electron chi connectivity index (χ3n) is 1.99. The number of anilines is 1. The van der Waals surface area contributed by atoms with Gasteiger partial charge in [0.15, 0.2) is 0 Å². The van der Waals surface area contributed by atoms with Gasteiger partial charge in [0.1, 0.15) is 0 Å². The molecule has 1 aromatic rings. The Bertz CT molecular complexity index is 369. The van der Waals surface area contributed by atoms with Gasteiger partial charge in [-0.3, -0.25) is 4.79 Å². The molecular weight excluding hydrogens is 228 g/mol. The quantitative estimate of drug-likeness (QED) is 0.610. The molecule has 0 heterocycles. The molecule has 1 amide bonds. The predicted molar refractivity (Wildman–Crippen MR) is 64.7 cm³/mol. The van der Waals surface area contributed by atoms with Crippen molar-refractivity contribution in [2.75, 3.05) is 25.5 Å². The molecule has 0 saturated heterocycles. The molecule has 88 valence electrons. The molecule has 0 fully saturated rings. The fourth-order valence-corrected chi connectivity index (χ4v) is 1.29. The number of carbonyl (C=O) groups is 1. The average molecular weight is 243 g/mol. The Kier molecular flexibility index (Phi) is 5.08. The van der Waals surface area contributed by atoms with Gasteiger partial charge in [0, 0.05) is 18.7 Å². The van der Waals surface area contributed by atoms with E-state index < -0.39 is 0 Å². The number of nitrogens with one attached hydrogen (secondary N) is 1. The summed E-state index contributed by atoms with van der Waals surface area (Å²) in [6.07, 6.45) is 0. The first-order valence-corrected chi connectivity index (χ1v) is 5.44. The Balaban J connectivity index is 2.50. The summed E-state index contributed by atoms with van der Waals surface area (Å²) in [5.74, 6) is -0.178. The zero-order valence-electron chi connectivity index (χ0n) is 9.13. The van der Waals surface area contributed by atoms with Crippen molar-refractivity contribution in [3.8, 4) is 0 Å². The normalized spacial score (nSPS) is 10.1. The van der Waals surface area contributed by atoms with Crippen LogP contribution in [0.2, 0.25) is 5.02 Å². The number of halogens is 1. The Labute approximate surface area is 99.7 Å². The van der Waals surface area contributed by atoms with Crippen molar-refractivity contribution in [2.45, 2.75) is 6.92 Å². The first kappa shape index (κ1) is 12.8. The highest BCUT2D eigenvalue weighted by Crippen LogP contribution is 2.19. The monoisotopic (exact) mass is 242 g/mol. The summed E-state index contributed by atoms with van der Waals surface area (Å²) in [6.45, 7) is 3.53. The van der Waals surface area contributed by atoms with Crippen LogP contribution in [0.4, 0.5) is 5.69 Å². The van der Waals surface area contributed by atoms with Crippen LogP contribution in [-0.4, -0.2) is 25.7 Å². The predicted octanol–water partition coefficient (Wildman–Crippen LogP) is 1.69. The van der Waals surface area contributed by atoms with Crippen molar-refractivity contribution in [1.29, 1.82) is 0 Å². The smallest absolute Gasteiger partial charge is 0.251 e. The van der Waals surface area contributed by atoms with Gasteiger partial charge in [-0.25, -0.2) is 0 Å². The highest BCUT2D eigenvalue weighted by Gasteiger charge is 2.06. The number of ether oxygens (including phenoxy) is 1. The van der Waals surface area contributed by atoms with E-state index in [0.29, 0.717) is 36.0 Å². The van der Waals surface area contributed by atoms with Crippen LogP contribution in [0.5, 0.6) is 0 Å². The van der Waals surface area contributed by atoms with E-state index in [2.05, 4.69) is 5.32 Å². The van der Waals surface area contributed by atoms with Gasteiger partial charge in [0.05, 0.1) is 17.3 Å². The van der Waals surface area contributed by atoms with Crippen LogP contribution in [-0.2, 0) is 4.74 Å². The second kappa shape index (κ2) is 6.35. The fourth-order valence-electron chi connectivity index (χ4n) is 1.17. The number of rotatable bonds is 5. The average Bonchev–Trinajstić information content (AvgIpc) is 2.28. The molecule has 1 aromatic carbocycles. The highest BCUT2D eigenvalue weighted by atomic mass is 35.5. The molecule has 16 heavy (non-hydrogen) atoms. The number of carbonyl (C=O) groups excluding carboxylic acids is 1. The fraction of sp³-hybridized carbons (Fsp3) is 0.364. The molecule has 0 spiro atoms. The molecule has 3 N–H and O–H groups in total. The largest absolute Gasteiger partial charge is 0.398 e. The molecule has 0 aliphatic rings. The lowest BCUT2D eigenvalue weighted by Gasteiger charge is -2.06. The van der Waals surface area contributed by atoms with Gasteiger partial charge >= 0.3 is 0 Å². The zero-order chi connectivity index (χ0) is 12.0. The Morgan fingerprint density at radius 3 is 2.94 bits per heavy atom. The van der Waals surface area contributed by atoms with Crippen LogP contribution in [0.15, 0.2) is 18.2 Å². The first-order valence-electron chi connectivity index (χ1n) is 5.06. The molecule has 0 unspecified atom stereocenters. The maximum absolute atomic E-state index is 11.6. The summed E-state index contributed by atoms with van der Waals surface area (Å²) in [5.41, 5.74) is 6.50. The third-order valence-corrected chi connectivity index (χ3v) is 2.34. The van der Waals surface area contributed by atoms with E-state index >= 15 is 0 Å². The summed E-state index contributed by atoms with van der Waals surface area (Å²) >= 11 is 5.75. The number of amides is 1. The Morgan fingerprint density at radius 2 is 2.31 bits per heavy atom. The lowest BCUT2D eigenvalue weighted by atomic mass is 10.2. The molecule has 0 bridgehead atoms. The lowest BCUT2D eigenvalue weighted by Crippen LogP contribution is -2.27. The summed E-state index contributed by atoms with van der Waals surface area (Å²) in [4.78, 5) is 11.6. The molecule has 0 atom stereocenters. The molecule has 0 aromatic heterocycles. The van der Waals surface area contributed by atoms with E-state index in [1.54, 1.807) is 18.2 Å². The van der Waals surface area contributed by atoms with Crippen LogP contribution >= 0.6 is 11.6 Å². The third kappa shape index (κ3) is 3.72. The zero-order valence-corrected chi connectivity index (χ0v) is 9.88. The van der Waals surface area contributed by atoms with Crippen molar-refractivity contribution in [1.82, 2.24) is 5.32 Å². The minimum atomic E-state index is -0.178. The number of benzene rings is 1. The van der Waals surface area contributed by atoms with Gasteiger partial charge in [0.25, 0.3) is 5.91 Å². The molecule has 1 rings (SSSR count). The number of nitrogen functional groups attached to an aromatic ring is 1. The second-order valence-electron chi connectivity index (χ2n) is 3.19. The van der Waals surface area contributed by atoms with E-state index in [4.69, 9.17) is 22.1 Å². The molecule has 0 aliphatic carbocycles. The van der Waals surface area contributed by atoms with Crippen molar-refractivity contribution < 1.29 is 9.53 Å². The van der Waals surface area contributed by atoms with Crippen molar-refractivity contribution in [2.24, 2.45) is 0 Å². The van der Waals surface area contributed by atoms with E-state index in [-0.39, 0.29) is 5.91 Å². The van der Waals surface area contributed by atoms with Gasteiger partial charge in [-0.2, -0.15) is 0 Å². The standard InChI is InChI=1S/C11H15ClN2O2/c1-2-16-6-5-14-11(15)8-3-4-9(12)10(13)7-8/h3-4,7H,2,5-6,13H2,1H3,(H,14,15). The minimum absolute atomic E-state index is 0.178. The summed E-state index contributed by atoms with van der Waals surface area (Å²) in [6, 6.07) is 4.79. The van der Waals surface area contributed by atoms with Gasteiger partial charge in [-0.05, 0) is 25.1 Å². The van der Waals surface area contributed by atoms with E-state index in [9.17, 15) is 4.79 Å². The number of hydrogen-bond acceptors (Lipinski definition) is 3. The van der Waals surface area contributed by atoms with Crippen molar-refractivity contribution in [3.63, 3.8) is 0 Å².